The molecule has 5 atom stereocenters. The minimum Gasteiger partial charge on any atom is -0.391 e. The molecular formula is C27H51N5O4. The van der Waals surface area contributed by atoms with Gasteiger partial charge in [0.2, 0.25) is 17.7 Å². The van der Waals surface area contributed by atoms with E-state index in [2.05, 4.69) is 24.1 Å². The highest BCUT2D eigenvalue weighted by atomic mass is 16.3. The molecule has 0 aromatic rings. The average molecular weight is 510 g/mol. The molecule has 2 aliphatic heterocycles. The second kappa shape index (κ2) is 12.7. The van der Waals surface area contributed by atoms with Gasteiger partial charge in [0.05, 0.1) is 18.7 Å². The van der Waals surface area contributed by atoms with Crippen molar-refractivity contribution in [3.8, 4) is 0 Å². The van der Waals surface area contributed by atoms with E-state index in [4.69, 9.17) is 0 Å². The summed E-state index contributed by atoms with van der Waals surface area (Å²) in [7, 11) is 5.67. The highest BCUT2D eigenvalue weighted by molar-refractivity contribution is 5.90. The van der Waals surface area contributed by atoms with Crippen LogP contribution in [0, 0.1) is 11.3 Å². The van der Waals surface area contributed by atoms with Crippen LogP contribution in [-0.2, 0) is 14.4 Å². The molecule has 0 radical (unpaired) electrons. The lowest BCUT2D eigenvalue weighted by atomic mass is 9.84. The van der Waals surface area contributed by atoms with Gasteiger partial charge in [0.1, 0.15) is 6.04 Å². The summed E-state index contributed by atoms with van der Waals surface area (Å²) in [6.07, 6.45) is 3.07. The van der Waals surface area contributed by atoms with Crippen LogP contribution >= 0.6 is 0 Å². The Kier molecular flexibility index (Phi) is 10.8. The molecule has 2 heterocycles. The summed E-state index contributed by atoms with van der Waals surface area (Å²) >= 11 is 0. The van der Waals surface area contributed by atoms with Crippen LogP contribution in [0.1, 0.15) is 67.2 Å². The number of piperidine rings is 1. The van der Waals surface area contributed by atoms with Crippen molar-refractivity contribution in [2.45, 2.75) is 97.5 Å². The number of β-amino-alcohol motifs (C(OH)–C–C–N with tert-alkyl or cyclic N) is 1. The Morgan fingerprint density at radius 3 is 2.28 bits per heavy atom. The molecule has 0 spiro atoms. The smallest absolute Gasteiger partial charge is 0.245 e. The molecule has 9 heteroatoms. The third kappa shape index (κ3) is 7.89. The van der Waals surface area contributed by atoms with Gasteiger partial charge in [-0.1, -0.05) is 41.0 Å². The van der Waals surface area contributed by atoms with Gasteiger partial charge in [0, 0.05) is 32.2 Å². The van der Waals surface area contributed by atoms with Gasteiger partial charge in [-0.25, -0.2) is 0 Å². The van der Waals surface area contributed by atoms with Gasteiger partial charge in [-0.05, 0) is 58.2 Å². The number of amides is 3. The monoisotopic (exact) mass is 509 g/mol. The van der Waals surface area contributed by atoms with E-state index in [0.29, 0.717) is 19.5 Å². The predicted molar refractivity (Wildman–Crippen MR) is 142 cm³/mol. The van der Waals surface area contributed by atoms with E-state index >= 15 is 0 Å². The van der Waals surface area contributed by atoms with Crippen molar-refractivity contribution in [3.63, 3.8) is 0 Å². The van der Waals surface area contributed by atoms with Crippen molar-refractivity contribution >= 4 is 17.7 Å². The van der Waals surface area contributed by atoms with Crippen LogP contribution in [0.25, 0.3) is 0 Å². The molecule has 9 nitrogen and oxygen atoms in total. The summed E-state index contributed by atoms with van der Waals surface area (Å²) in [4.78, 5) is 47.4. The normalized spacial score (nSPS) is 25.2. The third-order valence-electron chi connectivity index (χ3n) is 7.86. The summed E-state index contributed by atoms with van der Waals surface area (Å²) in [5.74, 6) is -0.0343. The van der Waals surface area contributed by atoms with Crippen LogP contribution in [0.2, 0.25) is 0 Å². The Morgan fingerprint density at radius 2 is 1.78 bits per heavy atom. The first-order valence-corrected chi connectivity index (χ1v) is 13.6. The van der Waals surface area contributed by atoms with Crippen LogP contribution in [0.4, 0.5) is 0 Å². The lowest BCUT2D eigenvalue weighted by Gasteiger charge is -2.40. The van der Waals surface area contributed by atoms with Crippen molar-refractivity contribution < 1.29 is 19.5 Å². The van der Waals surface area contributed by atoms with Crippen molar-refractivity contribution in [1.82, 2.24) is 24.9 Å². The Balaban J connectivity index is 2.09. The van der Waals surface area contributed by atoms with E-state index in [-0.39, 0.29) is 48.3 Å². The quantitative estimate of drug-likeness (QED) is 0.488. The summed E-state index contributed by atoms with van der Waals surface area (Å²) < 4.78 is 0. The Hall–Kier alpha value is -1.71. The zero-order chi connectivity index (χ0) is 27.4. The molecule has 36 heavy (non-hydrogen) atoms. The van der Waals surface area contributed by atoms with E-state index in [1.807, 2.05) is 46.7 Å². The van der Waals surface area contributed by atoms with Crippen LogP contribution in [-0.4, -0.2) is 120 Å². The maximum Gasteiger partial charge on any atom is 0.245 e. The van der Waals surface area contributed by atoms with Crippen molar-refractivity contribution in [2.24, 2.45) is 11.3 Å². The zero-order valence-electron chi connectivity index (χ0n) is 24.1. The molecule has 0 bridgehead atoms. The highest BCUT2D eigenvalue weighted by Crippen LogP contribution is 2.25. The van der Waals surface area contributed by atoms with Gasteiger partial charge >= 0.3 is 0 Å². The molecule has 3 amide bonds. The van der Waals surface area contributed by atoms with Gasteiger partial charge in [0.15, 0.2) is 0 Å². The number of carbonyl (C=O) groups excluding carboxylic acids is 3. The zero-order valence-corrected chi connectivity index (χ0v) is 24.1. The third-order valence-corrected chi connectivity index (χ3v) is 7.86. The summed E-state index contributed by atoms with van der Waals surface area (Å²) in [6, 6.07) is -0.946. The Labute approximate surface area is 218 Å². The number of likely N-dealkylation sites (N-methyl/N-ethyl adjacent to an activating group) is 3. The fourth-order valence-electron chi connectivity index (χ4n) is 5.50. The topological polar surface area (TPSA) is 96.4 Å². The molecule has 2 aliphatic rings. The molecular weight excluding hydrogens is 458 g/mol. The van der Waals surface area contributed by atoms with E-state index in [0.717, 1.165) is 25.8 Å². The number of nitrogens with one attached hydrogen (secondary N) is 1. The van der Waals surface area contributed by atoms with Crippen LogP contribution in [0.15, 0.2) is 0 Å². The minimum absolute atomic E-state index is 0.00512. The molecule has 2 rings (SSSR count). The number of hydrogen-bond donors (Lipinski definition) is 2. The fourth-order valence-corrected chi connectivity index (χ4v) is 5.50. The van der Waals surface area contributed by atoms with E-state index in [1.54, 1.807) is 16.8 Å². The van der Waals surface area contributed by atoms with Crippen LogP contribution < -0.4 is 5.32 Å². The molecule has 0 saturated carbocycles. The molecule has 2 N–H and O–H groups in total. The molecule has 208 valence electrons. The molecule has 2 fully saturated rings. The lowest BCUT2D eigenvalue weighted by Crippen LogP contribution is -2.60. The van der Waals surface area contributed by atoms with Crippen molar-refractivity contribution in [3.05, 3.63) is 0 Å². The predicted octanol–water partition coefficient (Wildman–Crippen LogP) is 1.40. The molecule has 0 aromatic heterocycles. The number of nitrogens with zero attached hydrogens (tertiary/aromatic N) is 4. The van der Waals surface area contributed by atoms with Gasteiger partial charge < -0.3 is 20.2 Å². The van der Waals surface area contributed by atoms with E-state index in [9.17, 15) is 19.5 Å². The van der Waals surface area contributed by atoms with Gasteiger partial charge in [-0.2, -0.15) is 0 Å². The van der Waals surface area contributed by atoms with Crippen molar-refractivity contribution in [2.75, 3.05) is 47.3 Å². The van der Waals surface area contributed by atoms with Crippen molar-refractivity contribution in [1.29, 1.82) is 0 Å². The molecule has 0 aromatic carbocycles. The number of aliphatic hydroxyl groups excluding tert-OH is 1. The number of carbonyl (C=O) groups is 3. The van der Waals surface area contributed by atoms with Gasteiger partial charge in [0.25, 0.3) is 0 Å². The van der Waals surface area contributed by atoms with Gasteiger partial charge in [-0.15, -0.1) is 0 Å². The minimum atomic E-state index is -0.648. The largest absolute Gasteiger partial charge is 0.391 e. The molecule has 3 unspecified atom stereocenters. The molecule has 2 saturated heterocycles. The Bertz CT molecular complexity index is 768. The average Bonchev–Trinajstić information content (AvgIpc) is 3.12. The lowest BCUT2D eigenvalue weighted by molar-refractivity contribution is -0.142. The summed E-state index contributed by atoms with van der Waals surface area (Å²) in [6.45, 7) is 14.1. The second-order valence-corrected chi connectivity index (χ2v) is 12.5. The SMILES string of the molecule is CC(C)[C@@H](CN(C)CC(=O)N1CC(O)C[C@H]1C)N(C)C(=O)C(NC(=O)C1CCCCN1C)C(C)(C)C. The second-order valence-electron chi connectivity index (χ2n) is 12.5. The standard InChI is InChI=1S/C27H51N5O4/c1-18(2)22(16-29(7)17-23(34)32-15-20(33)14-19(32)3)31(9)26(36)24(27(4,5)6)28-25(35)21-12-10-11-13-30(21)8/h18-22,24,33H,10-17H2,1-9H3,(H,28,35)/t19-,20?,21?,22-,24?/m1/s1. The van der Waals surface area contributed by atoms with Crippen LogP contribution in [0.3, 0.4) is 0 Å². The first-order chi connectivity index (χ1) is 16.6. The number of rotatable bonds is 9. The molecule has 0 aliphatic carbocycles. The van der Waals surface area contributed by atoms with E-state index in [1.165, 1.54) is 0 Å². The van der Waals surface area contributed by atoms with Crippen LogP contribution in [0.5, 0.6) is 0 Å². The first kappa shape index (κ1) is 30.5. The Morgan fingerprint density at radius 1 is 1.14 bits per heavy atom. The summed E-state index contributed by atoms with van der Waals surface area (Å²) in [5, 5.41) is 13.0. The van der Waals surface area contributed by atoms with Gasteiger partial charge in [-0.3, -0.25) is 24.2 Å². The highest BCUT2D eigenvalue weighted by Gasteiger charge is 2.39. The number of likely N-dealkylation sites (tertiary alicyclic amines) is 2. The first-order valence-electron chi connectivity index (χ1n) is 13.6. The fraction of sp³-hybridized carbons (Fsp3) is 0.889. The maximum absolute atomic E-state index is 13.8. The maximum atomic E-state index is 13.8. The van der Waals surface area contributed by atoms with E-state index < -0.39 is 17.6 Å². The number of hydrogen-bond acceptors (Lipinski definition) is 6. The number of aliphatic hydroxyl groups is 1. The summed E-state index contributed by atoms with van der Waals surface area (Å²) in [5.41, 5.74) is -0.454.